The van der Waals surface area contributed by atoms with Crippen molar-refractivity contribution in [3.8, 4) is 5.75 Å². The second kappa shape index (κ2) is 6.30. The Morgan fingerprint density at radius 2 is 1.95 bits per heavy atom. The van der Waals surface area contributed by atoms with Crippen molar-refractivity contribution in [2.24, 2.45) is 0 Å². The predicted molar refractivity (Wildman–Crippen MR) is 78.0 cm³/mol. The fraction of sp³-hybridized carbons (Fsp3) is 0.0714. The first-order valence-electron chi connectivity index (χ1n) is 5.41. The van der Waals surface area contributed by atoms with Crippen molar-refractivity contribution in [2.45, 2.75) is 6.61 Å². The van der Waals surface area contributed by atoms with Crippen molar-refractivity contribution >= 4 is 38.1 Å². The fourth-order valence-corrected chi connectivity index (χ4v) is 2.44. The molecule has 2 nitrogen and oxygen atoms in total. The highest BCUT2D eigenvalue weighted by Crippen LogP contribution is 2.27. The molecule has 98 valence electrons. The second-order valence-corrected chi connectivity index (χ2v) is 5.60. The summed E-state index contributed by atoms with van der Waals surface area (Å²) < 4.78 is 20.5. The van der Waals surface area contributed by atoms with E-state index in [0.29, 0.717) is 21.3 Å². The highest BCUT2D eigenvalue weighted by atomic mass is 79.9. The van der Waals surface area contributed by atoms with Gasteiger partial charge in [-0.15, -0.1) is 0 Å². The summed E-state index contributed by atoms with van der Waals surface area (Å²) in [6, 6.07) is 9.65. The van der Waals surface area contributed by atoms with Crippen molar-refractivity contribution in [1.82, 2.24) is 0 Å². The maximum atomic E-state index is 13.5. The summed E-state index contributed by atoms with van der Waals surface area (Å²) in [7, 11) is 0. The SMILES string of the molecule is O=Cc1ccc(OCc2cc(Br)ccc2F)c(Br)c1. The molecule has 0 aliphatic rings. The molecule has 0 saturated heterocycles. The number of aldehydes is 1. The molecule has 2 rings (SSSR count). The van der Waals surface area contributed by atoms with Crippen LogP contribution >= 0.6 is 31.9 Å². The summed E-state index contributed by atoms with van der Waals surface area (Å²) in [5.41, 5.74) is 1.01. The van der Waals surface area contributed by atoms with Crippen LogP contribution in [0.15, 0.2) is 45.3 Å². The number of hydrogen-bond acceptors (Lipinski definition) is 2. The lowest BCUT2D eigenvalue weighted by molar-refractivity contribution is 0.112. The van der Waals surface area contributed by atoms with E-state index in [1.54, 1.807) is 30.3 Å². The van der Waals surface area contributed by atoms with Crippen molar-refractivity contribution in [1.29, 1.82) is 0 Å². The molecule has 0 radical (unpaired) electrons. The third kappa shape index (κ3) is 3.64. The van der Waals surface area contributed by atoms with E-state index in [1.165, 1.54) is 6.07 Å². The molecular formula is C14H9Br2FO2. The van der Waals surface area contributed by atoms with Gasteiger partial charge in [-0.1, -0.05) is 15.9 Å². The lowest BCUT2D eigenvalue weighted by Gasteiger charge is -2.09. The second-order valence-electron chi connectivity index (χ2n) is 3.83. The van der Waals surface area contributed by atoms with Gasteiger partial charge in [0.2, 0.25) is 0 Å². The number of rotatable bonds is 4. The van der Waals surface area contributed by atoms with E-state index in [0.717, 1.165) is 10.8 Å². The van der Waals surface area contributed by atoms with Crippen LogP contribution in [0, 0.1) is 5.82 Å². The van der Waals surface area contributed by atoms with Crippen molar-refractivity contribution in [3.05, 3.63) is 62.3 Å². The molecule has 0 atom stereocenters. The third-order valence-corrected chi connectivity index (χ3v) is 3.60. The van der Waals surface area contributed by atoms with Crippen molar-refractivity contribution in [2.75, 3.05) is 0 Å². The van der Waals surface area contributed by atoms with Gasteiger partial charge in [-0.05, 0) is 52.3 Å². The quantitative estimate of drug-likeness (QED) is 0.708. The number of carbonyl (C=O) groups excluding carboxylic acids is 1. The first kappa shape index (κ1) is 14.2. The van der Waals surface area contributed by atoms with Gasteiger partial charge in [-0.2, -0.15) is 0 Å². The summed E-state index contributed by atoms with van der Waals surface area (Å²) in [4.78, 5) is 10.6. The maximum absolute atomic E-state index is 13.5. The zero-order valence-corrected chi connectivity index (χ0v) is 12.9. The van der Waals surface area contributed by atoms with Crippen LogP contribution in [0.25, 0.3) is 0 Å². The number of benzene rings is 2. The summed E-state index contributed by atoms with van der Waals surface area (Å²) in [5.74, 6) is 0.244. The smallest absolute Gasteiger partial charge is 0.150 e. The zero-order chi connectivity index (χ0) is 13.8. The predicted octanol–water partition coefficient (Wildman–Crippen LogP) is 4.74. The van der Waals surface area contributed by atoms with E-state index in [9.17, 15) is 9.18 Å². The van der Waals surface area contributed by atoms with Crippen LogP contribution in [-0.2, 0) is 6.61 Å². The monoisotopic (exact) mass is 386 g/mol. The molecule has 0 unspecified atom stereocenters. The minimum Gasteiger partial charge on any atom is -0.488 e. The molecule has 0 amide bonds. The highest BCUT2D eigenvalue weighted by Gasteiger charge is 2.06. The van der Waals surface area contributed by atoms with Crippen LogP contribution in [0.5, 0.6) is 5.75 Å². The molecular weight excluding hydrogens is 379 g/mol. The van der Waals surface area contributed by atoms with Gasteiger partial charge in [-0.3, -0.25) is 4.79 Å². The number of hydrogen-bond donors (Lipinski definition) is 0. The van der Waals surface area contributed by atoms with Gasteiger partial charge in [-0.25, -0.2) is 4.39 Å². The molecule has 0 spiro atoms. The van der Waals surface area contributed by atoms with E-state index >= 15 is 0 Å². The van der Waals surface area contributed by atoms with E-state index in [4.69, 9.17) is 4.74 Å². The molecule has 0 bridgehead atoms. The normalized spacial score (nSPS) is 10.3. The Morgan fingerprint density at radius 1 is 1.16 bits per heavy atom. The Hall–Kier alpha value is -1.20. The van der Waals surface area contributed by atoms with Crippen LogP contribution in [0.2, 0.25) is 0 Å². The van der Waals surface area contributed by atoms with E-state index in [-0.39, 0.29) is 12.4 Å². The fourth-order valence-electron chi connectivity index (χ4n) is 1.52. The number of carbonyl (C=O) groups is 1. The van der Waals surface area contributed by atoms with E-state index in [1.807, 2.05) is 0 Å². The average molecular weight is 388 g/mol. The van der Waals surface area contributed by atoms with Gasteiger partial charge in [0.25, 0.3) is 0 Å². The minimum atomic E-state index is -0.316. The van der Waals surface area contributed by atoms with Crippen LogP contribution in [0.4, 0.5) is 4.39 Å². The first-order valence-corrected chi connectivity index (χ1v) is 7.00. The summed E-state index contributed by atoms with van der Waals surface area (Å²) in [6.45, 7) is 0.115. The Kier molecular flexibility index (Phi) is 4.71. The van der Waals surface area contributed by atoms with Gasteiger partial charge >= 0.3 is 0 Å². The maximum Gasteiger partial charge on any atom is 0.150 e. The van der Waals surface area contributed by atoms with Gasteiger partial charge in [0, 0.05) is 15.6 Å². The molecule has 2 aromatic carbocycles. The average Bonchev–Trinajstić information content (AvgIpc) is 2.40. The summed E-state index contributed by atoms with van der Waals surface area (Å²) in [6.07, 6.45) is 0.752. The topological polar surface area (TPSA) is 26.3 Å². The van der Waals surface area contributed by atoms with Crippen molar-refractivity contribution in [3.63, 3.8) is 0 Å². The summed E-state index contributed by atoms with van der Waals surface area (Å²) >= 11 is 6.59. The van der Waals surface area contributed by atoms with Crippen molar-refractivity contribution < 1.29 is 13.9 Å². The lowest BCUT2D eigenvalue weighted by atomic mass is 10.2. The molecule has 0 aliphatic heterocycles. The molecule has 5 heteroatoms. The highest BCUT2D eigenvalue weighted by molar-refractivity contribution is 9.10. The van der Waals surface area contributed by atoms with E-state index < -0.39 is 0 Å². The number of ether oxygens (including phenoxy) is 1. The van der Waals surface area contributed by atoms with Crippen LogP contribution in [0.3, 0.4) is 0 Å². The zero-order valence-electron chi connectivity index (χ0n) is 9.70. The molecule has 0 saturated carbocycles. The van der Waals surface area contributed by atoms with Gasteiger partial charge in [0.15, 0.2) is 0 Å². The van der Waals surface area contributed by atoms with Crippen LogP contribution < -0.4 is 4.74 Å². The van der Waals surface area contributed by atoms with Crippen LogP contribution in [0.1, 0.15) is 15.9 Å². The molecule has 2 aromatic rings. The molecule has 0 fully saturated rings. The van der Waals surface area contributed by atoms with Gasteiger partial charge in [0.05, 0.1) is 4.47 Å². The third-order valence-electron chi connectivity index (χ3n) is 2.48. The molecule has 0 heterocycles. The standard InChI is InChI=1S/C14H9Br2FO2/c15-11-2-3-13(17)10(6-11)8-19-14-4-1-9(7-18)5-12(14)16/h1-7H,8H2. The minimum absolute atomic E-state index is 0.115. The largest absolute Gasteiger partial charge is 0.488 e. The molecule has 19 heavy (non-hydrogen) atoms. The molecule has 0 N–H and O–H groups in total. The van der Waals surface area contributed by atoms with Gasteiger partial charge < -0.3 is 4.74 Å². The first-order chi connectivity index (χ1) is 9.10. The summed E-state index contributed by atoms with van der Waals surface area (Å²) in [5, 5.41) is 0. The van der Waals surface area contributed by atoms with Crippen LogP contribution in [-0.4, -0.2) is 6.29 Å². The van der Waals surface area contributed by atoms with E-state index in [2.05, 4.69) is 31.9 Å². The Morgan fingerprint density at radius 3 is 2.63 bits per heavy atom. The lowest BCUT2D eigenvalue weighted by Crippen LogP contribution is -1.99. The Balaban J connectivity index is 2.14. The Labute approximate surface area is 126 Å². The molecule has 0 aromatic heterocycles. The number of halogens is 3. The Bertz CT molecular complexity index is 614. The van der Waals surface area contributed by atoms with Gasteiger partial charge in [0.1, 0.15) is 24.5 Å². The molecule has 0 aliphatic carbocycles.